The normalized spacial score (nSPS) is 11.1. The number of aromatic nitrogens is 3. The zero-order valence-corrected chi connectivity index (χ0v) is 11.1. The van der Waals surface area contributed by atoms with Crippen molar-refractivity contribution < 1.29 is 4.39 Å². The first kappa shape index (κ1) is 12.6. The van der Waals surface area contributed by atoms with Gasteiger partial charge in [0.15, 0.2) is 5.65 Å². The van der Waals surface area contributed by atoms with Gasteiger partial charge in [0.05, 0.1) is 0 Å². The number of hydrogen-bond acceptors (Lipinski definition) is 2. The van der Waals surface area contributed by atoms with Crippen LogP contribution < -0.4 is 5.56 Å². The Hall–Kier alpha value is -2.43. The number of aromatic amines is 1. The molecular weight excluding hydrogens is 257 g/mol. The number of nitrogens with one attached hydrogen (secondary N) is 1. The number of halogens is 1. The Morgan fingerprint density at radius 2 is 2.05 bits per heavy atom. The van der Waals surface area contributed by atoms with Crippen LogP contribution in [-0.4, -0.2) is 14.6 Å². The summed E-state index contributed by atoms with van der Waals surface area (Å²) in [6.45, 7) is 1.87. The van der Waals surface area contributed by atoms with Crippen LogP contribution in [0.2, 0.25) is 0 Å². The molecule has 3 rings (SSSR count). The molecule has 5 heteroatoms. The van der Waals surface area contributed by atoms with Crippen LogP contribution in [0.25, 0.3) is 5.65 Å². The van der Waals surface area contributed by atoms with E-state index in [9.17, 15) is 9.18 Å². The van der Waals surface area contributed by atoms with Crippen molar-refractivity contribution in [1.82, 2.24) is 14.6 Å². The molecule has 0 fully saturated rings. The molecule has 0 atom stereocenters. The Labute approximate surface area is 114 Å². The van der Waals surface area contributed by atoms with Gasteiger partial charge in [-0.1, -0.05) is 18.2 Å². The molecule has 2 heterocycles. The summed E-state index contributed by atoms with van der Waals surface area (Å²) in [5.74, 6) is -0.220. The van der Waals surface area contributed by atoms with Gasteiger partial charge in [-0.3, -0.25) is 9.89 Å². The van der Waals surface area contributed by atoms with E-state index in [0.29, 0.717) is 29.7 Å². The van der Waals surface area contributed by atoms with E-state index < -0.39 is 0 Å². The van der Waals surface area contributed by atoms with Crippen LogP contribution in [0.15, 0.2) is 41.2 Å². The van der Waals surface area contributed by atoms with Crippen LogP contribution >= 0.6 is 0 Å². The van der Waals surface area contributed by atoms with Gasteiger partial charge in [0.2, 0.25) is 0 Å². The highest BCUT2D eigenvalue weighted by Crippen LogP contribution is 2.10. The summed E-state index contributed by atoms with van der Waals surface area (Å²) in [4.78, 5) is 16.3. The molecule has 0 aliphatic rings. The molecule has 0 aliphatic heterocycles. The maximum absolute atomic E-state index is 13.5. The van der Waals surface area contributed by atoms with E-state index in [-0.39, 0.29) is 11.4 Å². The predicted octanol–water partition coefficient (Wildman–Crippen LogP) is 2.26. The Bertz CT molecular complexity index is 819. The zero-order chi connectivity index (χ0) is 14.1. The molecule has 1 aromatic carbocycles. The number of H-pyrrole nitrogens is 1. The summed E-state index contributed by atoms with van der Waals surface area (Å²) in [6, 6.07) is 9.97. The number of fused-ring (bicyclic) bond motifs is 1. The molecule has 0 amide bonds. The van der Waals surface area contributed by atoms with E-state index in [1.165, 1.54) is 16.6 Å². The minimum absolute atomic E-state index is 0.147. The molecule has 0 aliphatic carbocycles. The van der Waals surface area contributed by atoms with Crippen molar-refractivity contribution in [2.24, 2.45) is 0 Å². The summed E-state index contributed by atoms with van der Waals surface area (Å²) < 4.78 is 14.9. The van der Waals surface area contributed by atoms with Gasteiger partial charge in [-0.05, 0) is 31.4 Å². The first-order valence-corrected chi connectivity index (χ1v) is 6.45. The van der Waals surface area contributed by atoms with Crippen molar-refractivity contribution in [1.29, 1.82) is 0 Å². The number of nitrogens with zero attached hydrogens (tertiary/aromatic N) is 2. The van der Waals surface area contributed by atoms with Gasteiger partial charge in [-0.15, -0.1) is 0 Å². The Balaban J connectivity index is 1.88. The Kier molecular flexibility index (Phi) is 3.10. The van der Waals surface area contributed by atoms with Gasteiger partial charge in [-0.2, -0.15) is 0 Å². The van der Waals surface area contributed by atoms with E-state index in [0.717, 1.165) is 5.69 Å². The molecular formula is C15H14FN3O. The highest BCUT2D eigenvalue weighted by molar-refractivity contribution is 5.39. The lowest BCUT2D eigenvalue weighted by Gasteiger charge is -2.03. The van der Waals surface area contributed by atoms with E-state index in [2.05, 4.69) is 10.1 Å². The standard InChI is InChI=1S/C15H14FN3O/c1-10-8-14-17-12(9-15(20)19(14)18-10)7-6-11-4-2-3-5-13(11)16/h2-5,8-9,18H,6-7H2,1H3. The van der Waals surface area contributed by atoms with Gasteiger partial charge in [-0.25, -0.2) is 13.9 Å². The average molecular weight is 271 g/mol. The van der Waals surface area contributed by atoms with Crippen molar-refractivity contribution in [3.8, 4) is 0 Å². The number of rotatable bonds is 3. The monoisotopic (exact) mass is 271 g/mol. The van der Waals surface area contributed by atoms with E-state index in [1.807, 2.05) is 13.0 Å². The van der Waals surface area contributed by atoms with Crippen LogP contribution in [0.4, 0.5) is 4.39 Å². The lowest BCUT2D eigenvalue weighted by Crippen LogP contribution is -2.15. The van der Waals surface area contributed by atoms with Gasteiger partial charge >= 0.3 is 0 Å². The molecule has 3 aromatic rings. The number of benzene rings is 1. The maximum Gasteiger partial charge on any atom is 0.272 e. The molecule has 0 bridgehead atoms. The lowest BCUT2D eigenvalue weighted by molar-refractivity contribution is 0.608. The molecule has 0 radical (unpaired) electrons. The number of hydrogen-bond donors (Lipinski definition) is 1. The molecule has 1 N–H and O–H groups in total. The fourth-order valence-electron chi connectivity index (χ4n) is 2.25. The lowest BCUT2D eigenvalue weighted by atomic mass is 10.1. The first-order chi connectivity index (χ1) is 9.63. The Morgan fingerprint density at radius 1 is 1.25 bits per heavy atom. The summed E-state index contributed by atoms with van der Waals surface area (Å²) >= 11 is 0. The predicted molar refractivity (Wildman–Crippen MR) is 74.4 cm³/mol. The van der Waals surface area contributed by atoms with E-state index >= 15 is 0 Å². The van der Waals surface area contributed by atoms with Gasteiger partial charge in [0.25, 0.3) is 5.56 Å². The molecule has 0 saturated heterocycles. The summed E-state index contributed by atoms with van der Waals surface area (Å²) in [7, 11) is 0. The largest absolute Gasteiger partial charge is 0.294 e. The van der Waals surface area contributed by atoms with E-state index in [1.54, 1.807) is 18.2 Å². The maximum atomic E-state index is 13.5. The summed E-state index contributed by atoms with van der Waals surface area (Å²) in [5.41, 5.74) is 2.64. The number of aryl methyl sites for hydroxylation is 3. The quantitative estimate of drug-likeness (QED) is 0.794. The average Bonchev–Trinajstić information content (AvgIpc) is 2.79. The zero-order valence-electron chi connectivity index (χ0n) is 11.1. The molecule has 0 spiro atoms. The van der Waals surface area contributed by atoms with Crippen molar-refractivity contribution in [3.63, 3.8) is 0 Å². The molecule has 0 saturated carbocycles. The van der Waals surface area contributed by atoms with Gasteiger partial charge in [0, 0.05) is 23.5 Å². The highest BCUT2D eigenvalue weighted by Gasteiger charge is 2.06. The second-order valence-corrected chi connectivity index (χ2v) is 4.81. The van der Waals surface area contributed by atoms with Crippen LogP contribution in [0, 0.1) is 12.7 Å². The van der Waals surface area contributed by atoms with Crippen molar-refractivity contribution in [2.45, 2.75) is 19.8 Å². The van der Waals surface area contributed by atoms with Crippen LogP contribution in [0.3, 0.4) is 0 Å². The Morgan fingerprint density at radius 3 is 2.85 bits per heavy atom. The highest BCUT2D eigenvalue weighted by atomic mass is 19.1. The molecule has 20 heavy (non-hydrogen) atoms. The third-order valence-electron chi connectivity index (χ3n) is 3.24. The molecule has 102 valence electrons. The smallest absolute Gasteiger partial charge is 0.272 e. The molecule has 4 nitrogen and oxygen atoms in total. The van der Waals surface area contributed by atoms with Gasteiger partial charge in [0.1, 0.15) is 5.82 Å². The van der Waals surface area contributed by atoms with Crippen LogP contribution in [0.1, 0.15) is 17.0 Å². The van der Waals surface area contributed by atoms with Gasteiger partial charge < -0.3 is 0 Å². The van der Waals surface area contributed by atoms with E-state index in [4.69, 9.17) is 0 Å². The minimum Gasteiger partial charge on any atom is -0.294 e. The molecule has 0 unspecified atom stereocenters. The summed E-state index contributed by atoms with van der Waals surface area (Å²) in [5, 5.41) is 2.92. The third kappa shape index (κ3) is 2.34. The second-order valence-electron chi connectivity index (χ2n) is 4.81. The summed E-state index contributed by atoms with van der Waals surface area (Å²) in [6.07, 6.45) is 1.07. The van der Waals surface area contributed by atoms with Crippen molar-refractivity contribution >= 4 is 5.65 Å². The van der Waals surface area contributed by atoms with Crippen molar-refractivity contribution in [3.05, 3.63) is 69.5 Å². The fourth-order valence-corrected chi connectivity index (χ4v) is 2.25. The fraction of sp³-hybridized carbons (Fsp3) is 0.200. The first-order valence-electron chi connectivity index (χ1n) is 6.45. The van der Waals surface area contributed by atoms with Crippen LogP contribution in [0.5, 0.6) is 0 Å². The molecule has 2 aromatic heterocycles. The SMILES string of the molecule is Cc1cc2nc(CCc3ccccc3F)cc(=O)n2[nH]1. The van der Waals surface area contributed by atoms with Crippen LogP contribution in [-0.2, 0) is 12.8 Å². The minimum atomic E-state index is -0.220. The second kappa shape index (κ2) is 4.92. The topological polar surface area (TPSA) is 50.2 Å². The van der Waals surface area contributed by atoms with Crippen molar-refractivity contribution in [2.75, 3.05) is 0 Å². The third-order valence-corrected chi connectivity index (χ3v) is 3.24.